The van der Waals surface area contributed by atoms with Gasteiger partial charge in [-0.1, -0.05) is 13.8 Å². The van der Waals surface area contributed by atoms with Gasteiger partial charge in [0, 0.05) is 19.6 Å². The number of hydrogen-bond donors (Lipinski definition) is 0. The van der Waals surface area contributed by atoms with Crippen molar-refractivity contribution in [2.75, 3.05) is 21.2 Å². The number of methoxy groups -OCH3 is 1. The fraction of sp³-hybridized carbons (Fsp3) is 1.00. The zero-order valence-electron chi connectivity index (χ0n) is 10.4. The van der Waals surface area contributed by atoms with Gasteiger partial charge in [-0.25, -0.2) is 0 Å². The summed E-state index contributed by atoms with van der Waals surface area (Å²) < 4.78 is 10.8. The Hall–Kier alpha value is -0.120. The third kappa shape index (κ3) is 4.40. The molecule has 0 aromatic carbocycles. The summed E-state index contributed by atoms with van der Waals surface area (Å²) in [6.45, 7) is 6.10. The summed E-state index contributed by atoms with van der Waals surface area (Å²) >= 11 is 0. The molecule has 0 N–H and O–H groups in total. The first-order chi connectivity index (χ1) is 6.63. The first kappa shape index (κ1) is 13.9. The standard InChI is InChI=1S/C9H19NO2.C2H6/c1-7-5-8(10(2)3)6-9(11-4)12-7;1-2/h7-9H,5-6H2,1-4H3;1-2H3/t7?,8-,9?;/m0./s1. The number of ether oxygens (including phenoxy) is 2. The number of hydrogen-bond acceptors (Lipinski definition) is 3. The number of rotatable bonds is 2. The Morgan fingerprint density at radius 1 is 1.21 bits per heavy atom. The molecule has 1 aliphatic rings. The largest absolute Gasteiger partial charge is 0.356 e. The van der Waals surface area contributed by atoms with Crippen molar-refractivity contribution in [3.8, 4) is 0 Å². The van der Waals surface area contributed by atoms with Crippen LogP contribution < -0.4 is 0 Å². The van der Waals surface area contributed by atoms with E-state index in [9.17, 15) is 0 Å². The Balaban J connectivity index is 0.000000791. The molecule has 3 nitrogen and oxygen atoms in total. The van der Waals surface area contributed by atoms with Gasteiger partial charge >= 0.3 is 0 Å². The Kier molecular flexibility index (Phi) is 7.15. The molecule has 1 aliphatic heterocycles. The van der Waals surface area contributed by atoms with Crippen LogP contribution in [0.25, 0.3) is 0 Å². The van der Waals surface area contributed by atoms with E-state index in [-0.39, 0.29) is 6.29 Å². The van der Waals surface area contributed by atoms with Crippen molar-refractivity contribution in [3.05, 3.63) is 0 Å². The predicted octanol–water partition coefficient (Wildman–Crippen LogP) is 2.11. The van der Waals surface area contributed by atoms with E-state index < -0.39 is 0 Å². The Bertz CT molecular complexity index is 139. The Labute approximate surface area is 88.4 Å². The van der Waals surface area contributed by atoms with E-state index in [1.807, 2.05) is 13.8 Å². The fourth-order valence-corrected chi connectivity index (χ4v) is 1.65. The third-order valence-electron chi connectivity index (χ3n) is 2.45. The molecule has 14 heavy (non-hydrogen) atoms. The molecule has 2 unspecified atom stereocenters. The van der Waals surface area contributed by atoms with Crippen molar-refractivity contribution in [2.24, 2.45) is 0 Å². The third-order valence-corrected chi connectivity index (χ3v) is 2.45. The molecule has 86 valence electrons. The SMILES string of the molecule is CC.COC1C[C@@H](N(C)C)CC(C)O1. The lowest BCUT2D eigenvalue weighted by molar-refractivity contribution is -0.188. The monoisotopic (exact) mass is 203 g/mol. The molecule has 1 saturated heterocycles. The second kappa shape index (κ2) is 7.21. The molecular weight excluding hydrogens is 178 g/mol. The van der Waals surface area contributed by atoms with Crippen LogP contribution in [-0.4, -0.2) is 44.5 Å². The van der Waals surface area contributed by atoms with Crippen molar-refractivity contribution in [2.45, 2.75) is 52.0 Å². The molecule has 1 fully saturated rings. The fourth-order valence-electron chi connectivity index (χ4n) is 1.65. The first-order valence-corrected chi connectivity index (χ1v) is 5.48. The zero-order chi connectivity index (χ0) is 11.1. The topological polar surface area (TPSA) is 21.7 Å². The predicted molar refractivity (Wildman–Crippen MR) is 59.4 cm³/mol. The van der Waals surface area contributed by atoms with Crippen LogP contribution in [0.1, 0.15) is 33.6 Å². The molecule has 0 radical (unpaired) electrons. The maximum absolute atomic E-state index is 5.57. The number of nitrogens with zero attached hydrogens (tertiary/aromatic N) is 1. The van der Waals surface area contributed by atoms with Gasteiger partial charge in [0.05, 0.1) is 6.10 Å². The Morgan fingerprint density at radius 2 is 1.79 bits per heavy atom. The van der Waals surface area contributed by atoms with Crippen molar-refractivity contribution in [3.63, 3.8) is 0 Å². The molecule has 0 aromatic rings. The van der Waals surface area contributed by atoms with E-state index in [2.05, 4.69) is 25.9 Å². The quantitative estimate of drug-likeness (QED) is 0.686. The van der Waals surface area contributed by atoms with E-state index >= 15 is 0 Å². The van der Waals surface area contributed by atoms with Gasteiger partial charge in [0.1, 0.15) is 0 Å². The molecule has 1 rings (SSSR count). The Morgan fingerprint density at radius 3 is 2.21 bits per heavy atom. The maximum Gasteiger partial charge on any atom is 0.159 e. The van der Waals surface area contributed by atoms with Crippen LogP contribution in [0.5, 0.6) is 0 Å². The highest BCUT2D eigenvalue weighted by Crippen LogP contribution is 2.22. The smallest absolute Gasteiger partial charge is 0.159 e. The van der Waals surface area contributed by atoms with Crippen LogP contribution in [0.2, 0.25) is 0 Å². The zero-order valence-corrected chi connectivity index (χ0v) is 10.4. The second-order valence-corrected chi connectivity index (χ2v) is 3.70. The molecule has 3 heteroatoms. The van der Waals surface area contributed by atoms with E-state index in [0.29, 0.717) is 12.1 Å². The summed E-state index contributed by atoms with van der Waals surface area (Å²) in [5.41, 5.74) is 0. The van der Waals surface area contributed by atoms with Crippen LogP contribution in [-0.2, 0) is 9.47 Å². The van der Waals surface area contributed by atoms with Crippen LogP contribution >= 0.6 is 0 Å². The van der Waals surface area contributed by atoms with Crippen LogP contribution in [0, 0.1) is 0 Å². The minimum absolute atomic E-state index is 0.0128. The van der Waals surface area contributed by atoms with Gasteiger partial charge in [-0.3, -0.25) is 0 Å². The first-order valence-electron chi connectivity index (χ1n) is 5.48. The highest BCUT2D eigenvalue weighted by Gasteiger charge is 2.27. The van der Waals surface area contributed by atoms with Gasteiger partial charge in [0.2, 0.25) is 0 Å². The molecule has 0 aromatic heterocycles. The average molecular weight is 203 g/mol. The maximum atomic E-state index is 5.57. The van der Waals surface area contributed by atoms with Crippen molar-refractivity contribution < 1.29 is 9.47 Å². The average Bonchev–Trinajstić information content (AvgIpc) is 2.20. The van der Waals surface area contributed by atoms with Crippen LogP contribution in [0.4, 0.5) is 0 Å². The van der Waals surface area contributed by atoms with Gasteiger partial charge in [0.15, 0.2) is 6.29 Å². The summed E-state index contributed by atoms with van der Waals surface area (Å²) in [6.07, 6.45) is 2.39. The van der Waals surface area contributed by atoms with Gasteiger partial charge in [-0.15, -0.1) is 0 Å². The van der Waals surface area contributed by atoms with Gasteiger partial charge in [-0.05, 0) is 27.4 Å². The lowest BCUT2D eigenvalue weighted by Gasteiger charge is -2.36. The minimum atomic E-state index is -0.0128. The van der Waals surface area contributed by atoms with E-state index in [1.54, 1.807) is 7.11 Å². The molecule has 0 bridgehead atoms. The van der Waals surface area contributed by atoms with E-state index in [0.717, 1.165) is 12.8 Å². The highest BCUT2D eigenvalue weighted by atomic mass is 16.7. The molecule has 0 saturated carbocycles. The molecule has 0 aliphatic carbocycles. The molecule has 3 atom stereocenters. The summed E-state index contributed by atoms with van der Waals surface area (Å²) in [6, 6.07) is 0.596. The lowest BCUT2D eigenvalue weighted by atomic mass is 10.0. The van der Waals surface area contributed by atoms with Crippen molar-refractivity contribution in [1.82, 2.24) is 4.90 Å². The second-order valence-electron chi connectivity index (χ2n) is 3.70. The highest BCUT2D eigenvalue weighted by molar-refractivity contribution is 4.76. The molecular formula is C11H25NO2. The normalized spacial score (nSPS) is 32.4. The van der Waals surface area contributed by atoms with E-state index in [1.165, 1.54) is 0 Å². The summed E-state index contributed by atoms with van der Waals surface area (Å²) in [4.78, 5) is 2.24. The van der Waals surface area contributed by atoms with Crippen LogP contribution in [0.15, 0.2) is 0 Å². The molecule has 0 spiro atoms. The summed E-state index contributed by atoms with van der Waals surface area (Å²) in [5, 5.41) is 0. The van der Waals surface area contributed by atoms with Gasteiger partial charge < -0.3 is 14.4 Å². The molecule has 1 heterocycles. The van der Waals surface area contributed by atoms with E-state index in [4.69, 9.17) is 9.47 Å². The summed E-state index contributed by atoms with van der Waals surface area (Å²) in [5.74, 6) is 0. The van der Waals surface area contributed by atoms with Crippen LogP contribution in [0.3, 0.4) is 0 Å². The molecule has 0 amide bonds. The lowest BCUT2D eigenvalue weighted by Crippen LogP contribution is -2.42. The van der Waals surface area contributed by atoms with Crippen molar-refractivity contribution >= 4 is 0 Å². The van der Waals surface area contributed by atoms with Crippen molar-refractivity contribution in [1.29, 1.82) is 0 Å². The minimum Gasteiger partial charge on any atom is -0.356 e. The summed E-state index contributed by atoms with van der Waals surface area (Å²) in [7, 11) is 5.92. The van der Waals surface area contributed by atoms with Gasteiger partial charge in [0.25, 0.3) is 0 Å². The van der Waals surface area contributed by atoms with Gasteiger partial charge in [-0.2, -0.15) is 0 Å².